The van der Waals surface area contributed by atoms with Gasteiger partial charge in [-0.15, -0.1) is 0 Å². The van der Waals surface area contributed by atoms with E-state index in [0.29, 0.717) is 35.8 Å². The van der Waals surface area contributed by atoms with E-state index in [9.17, 15) is 4.79 Å². The molecule has 0 amide bonds. The van der Waals surface area contributed by atoms with E-state index in [2.05, 4.69) is 18.7 Å². The zero-order valence-corrected chi connectivity index (χ0v) is 14.6. The van der Waals surface area contributed by atoms with Crippen LogP contribution in [0.15, 0.2) is 18.2 Å². The second-order valence-electron chi connectivity index (χ2n) is 6.45. The lowest BCUT2D eigenvalue weighted by Gasteiger charge is -2.39. The van der Waals surface area contributed by atoms with Crippen LogP contribution in [0, 0.1) is 0 Å². The highest BCUT2D eigenvalue weighted by atomic mass is 16.5. The van der Waals surface area contributed by atoms with E-state index in [4.69, 9.17) is 9.47 Å². The van der Waals surface area contributed by atoms with Crippen molar-refractivity contribution in [3.05, 3.63) is 23.8 Å². The third-order valence-electron chi connectivity index (χ3n) is 4.77. The predicted molar refractivity (Wildman–Crippen MR) is 92.6 cm³/mol. The van der Waals surface area contributed by atoms with Gasteiger partial charge in [-0.05, 0) is 64.3 Å². The minimum absolute atomic E-state index is 0.599. The predicted octanol–water partition coefficient (Wildman–Crippen LogP) is 3.93. The van der Waals surface area contributed by atoms with E-state index >= 15 is 0 Å². The second-order valence-corrected chi connectivity index (χ2v) is 6.45. The molecule has 1 fully saturated rings. The highest BCUT2D eigenvalue weighted by Crippen LogP contribution is 2.28. The van der Waals surface area contributed by atoms with Crippen molar-refractivity contribution in [1.82, 2.24) is 4.90 Å². The number of benzene rings is 1. The number of carbonyl (C=O) groups is 1. The molecule has 0 saturated carbocycles. The molecule has 0 unspecified atom stereocenters. The van der Waals surface area contributed by atoms with E-state index in [1.165, 1.54) is 19.3 Å². The molecule has 1 aliphatic heterocycles. The van der Waals surface area contributed by atoms with Gasteiger partial charge in [0, 0.05) is 17.6 Å². The molecule has 0 aromatic heterocycles. The number of likely N-dealkylation sites (tertiary alicyclic amines) is 1. The van der Waals surface area contributed by atoms with Crippen molar-refractivity contribution >= 4 is 6.29 Å². The lowest BCUT2D eigenvalue weighted by Crippen LogP contribution is -2.44. The first-order chi connectivity index (χ1) is 11.2. The summed E-state index contributed by atoms with van der Waals surface area (Å²) in [5.41, 5.74) is 0.599. The molecule has 23 heavy (non-hydrogen) atoms. The highest BCUT2D eigenvalue weighted by molar-refractivity contribution is 5.76. The summed E-state index contributed by atoms with van der Waals surface area (Å²) in [7, 11) is 1.59. The molecule has 0 N–H and O–H groups in total. The van der Waals surface area contributed by atoms with Crippen LogP contribution in [-0.2, 0) is 0 Å². The Hall–Kier alpha value is -1.55. The zero-order chi connectivity index (χ0) is 16.7. The molecular weight excluding hydrogens is 290 g/mol. The van der Waals surface area contributed by atoms with Gasteiger partial charge in [0.2, 0.25) is 0 Å². The first-order valence-corrected chi connectivity index (χ1v) is 8.67. The summed E-state index contributed by atoms with van der Waals surface area (Å²) in [6, 6.07) is 6.67. The van der Waals surface area contributed by atoms with Gasteiger partial charge in [0.05, 0.1) is 13.7 Å². The third kappa shape index (κ3) is 4.96. The van der Waals surface area contributed by atoms with Crippen molar-refractivity contribution < 1.29 is 14.3 Å². The van der Waals surface area contributed by atoms with E-state index < -0.39 is 0 Å². The Morgan fingerprint density at radius 3 is 2.57 bits per heavy atom. The first-order valence-electron chi connectivity index (χ1n) is 8.67. The number of hydrogen-bond acceptors (Lipinski definition) is 4. The van der Waals surface area contributed by atoms with Crippen LogP contribution >= 0.6 is 0 Å². The summed E-state index contributed by atoms with van der Waals surface area (Å²) in [4.78, 5) is 13.4. The minimum atomic E-state index is 0.599. The van der Waals surface area contributed by atoms with Crippen molar-refractivity contribution in [2.75, 3.05) is 20.3 Å². The maximum absolute atomic E-state index is 10.8. The Kier molecular flexibility index (Phi) is 6.90. The lowest BCUT2D eigenvalue weighted by atomic mass is 9.97. The van der Waals surface area contributed by atoms with Gasteiger partial charge in [-0.2, -0.15) is 0 Å². The zero-order valence-electron chi connectivity index (χ0n) is 14.6. The van der Waals surface area contributed by atoms with Crippen LogP contribution in [-0.4, -0.2) is 43.5 Å². The molecule has 1 aromatic rings. The van der Waals surface area contributed by atoms with Crippen molar-refractivity contribution in [1.29, 1.82) is 0 Å². The highest BCUT2D eigenvalue weighted by Gasteiger charge is 2.23. The molecule has 1 heterocycles. The standard InChI is InChI=1S/C19H29NO3/c1-15-7-6-8-16(2)20(15)11-4-5-12-23-18-10-9-17(14-21)13-19(18)22-3/h9-10,13-16H,4-8,11-12H2,1-3H3/t15-,16-/m0/s1. The van der Waals surface area contributed by atoms with Gasteiger partial charge in [0.25, 0.3) is 0 Å². The molecule has 0 bridgehead atoms. The van der Waals surface area contributed by atoms with Crippen LogP contribution in [0.5, 0.6) is 11.5 Å². The number of aldehydes is 1. The number of ether oxygens (including phenoxy) is 2. The Morgan fingerprint density at radius 2 is 1.91 bits per heavy atom. The van der Waals surface area contributed by atoms with Gasteiger partial charge < -0.3 is 9.47 Å². The Balaban J connectivity index is 1.74. The number of piperidine rings is 1. The number of nitrogens with zero attached hydrogens (tertiary/aromatic N) is 1. The number of unbranched alkanes of at least 4 members (excludes halogenated alkanes) is 1. The van der Waals surface area contributed by atoms with Crippen LogP contribution in [0.2, 0.25) is 0 Å². The van der Waals surface area contributed by atoms with Crippen LogP contribution < -0.4 is 9.47 Å². The number of rotatable bonds is 8. The van der Waals surface area contributed by atoms with E-state index in [-0.39, 0.29) is 0 Å². The molecule has 2 rings (SSSR count). The first kappa shape index (κ1) is 17.8. The van der Waals surface area contributed by atoms with Crippen molar-refractivity contribution in [3.8, 4) is 11.5 Å². The van der Waals surface area contributed by atoms with Crippen LogP contribution in [0.3, 0.4) is 0 Å². The normalized spacial score (nSPS) is 21.9. The van der Waals surface area contributed by atoms with E-state index in [1.54, 1.807) is 25.3 Å². The van der Waals surface area contributed by atoms with Crippen molar-refractivity contribution in [3.63, 3.8) is 0 Å². The summed E-state index contributed by atoms with van der Waals surface area (Å²) in [6.45, 7) is 6.50. The number of carbonyl (C=O) groups excluding carboxylic acids is 1. The summed E-state index contributed by atoms with van der Waals surface area (Å²) in [5.74, 6) is 1.32. The molecule has 0 aliphatic carbocycles. The number of hydrogen-bond donors (Lipinski definition) is 0. The summed E-state index contributed by atoms with van der Waals surface area (Å²) < 4.78 is 11.1. The molecular formula is C19H29NO3. The lowest BCUT2D eigenvalue weighted by molar-refractivity contribution is 0.0995. The smallest absolute Gasteiger partial charge is 0.161 e. The molecule has 1 aliphatic rings. The van der Waals surface area contributed by atoms with Crippen LogP contribution in [0.4, 0.5) is 0 Å². The second kappa shape index (κ2) is 8.92. The molecule has 2 atom stereocenters. The van der Waals surface area contributed by atoms with Crippen molar-refractivity contribution in [2.45, 2.75) is 58.0 Å². The fraction of sp³-hybridized carbons (Fsp3) is 0.632. The topological polar surface area (TPSA) is 38.8 Å². The minimum Gasteiger partial charge on any atom is -0.493 e. The molecule has 1 aromatic carbocycles. The molecule has 0 spiro atoms. The van der Waals surface area contributed by atoms with Gasteiger partial charge in [0.15, 0.2) is 11.5 Å². The van der Waals surface area contributed by atoms with Crippen LogP contribution in [0.1, 0.15) is 56.3 Å². The van der Waals surface area contributed by atoms with Gasteiger partial charge >= 0.3 is 0 Å². The fourth-order valence-electron chi connectivity index (χ4n) is 3.37. The Bertz CT molecular complexity index is 493. The van der Waals surface area contributed by atoms with Crippen LogP contribution in [0.25, 0.3) is 0 Å². The average Bonchev–Trinajstić information content (AvgIpc) is 2.57. The summed E-state index contributed by atoms with van der Waals surface area (Å²) >= 11 is 0. The van der Waals surface area contributed by atoms with E-state index in [0.717, 1.165) is 25.7 Å². The molecule has 4 heteroatoms. The summed E-state index contributed by atoms with van der Waals surface area (Å²) in [5, 5.41) is 0. The summed E-state index contributed by atoms with van der Waals surface area (Å²) in [6.07, 6.45) is 6.98. The quantitative estimate of drug-likeness (QED) is 0.537. The average molecular weight is 319 g/mol. The monoisotopic (exact) mass is 319 g/mol. The Morgan fingerprint density at radius 1 is 1.17 bits per heavy atom. The van der Waals surface area contributed by atoms with Gasteiger partial charge in [-0.3, -0.25) is 9.69 Å². The van der Waals surface area contributed by atoms with Gasteiger partial charge in [-0.1, -0.05) is 6.42 Å². The maximum atomic E-state index is 10.8. The molecule has 0 radical (unpaired) electrons. The molecule has 1 saturated heterocycles. The maximum Gasteiger partial charge on any atom is 0.161 e. The Labute approximate surface area is 139 Å². The SMILES string of the molecule is COc1cc(C=O)ccc1OCCCCN1[C@@H](C)CCC[C@@H]1C. The molecule has 4 nitrogen and oxygen atoms in total. The van der Waals surface area contributed by atoms with Crippen molar-refractivity contribution in [2.24, 2.45) is 0 Å². The fourth-order valence-corrected chi connectivity index (χ4v) is 3.37. The number of methoxy groups -OCH3 is 1. The molecule has 128 valence electrons. The third-order valence-corrected chi connectivity index (χ3v) is 4.77. The van der Waals surface area contributed by atoms with Gasteiger partial charge in [-0.25, -0.2) is 0 Å². The largest absolute Gasteiger partial charge is 0.493 e. The van der Waals surface area contributed by atoms with Gasteiger partial charge in [0.1, 0.15) is 6.29 Å². The van der Waals surface area contributed by atoms with E-state index in [1.807, 2.05) is 0 Å².